The standard InChI is InChI=1S/C6H9N3/c1-2-4-8-9-6-5-7-3-1/h1-2,4-5,9H,3,6H2/b2-1-,7-5-,8-4-. The van der Waals surface area contributed by atoms with Crippen LogP contribution in [0.1, 0.15) is 0 Å². The van der Waals surface area contributed by atoms with E-state index >= 15 is 0 Å². The van der Waals surface area contributed by atoms with Crippen LogP contribution in [-0.2, 0) is 0 Å². The lowest BCUT2D eigenvalue weighted by Crippen LogP contribution is -2.07. The number of rotatable bonds is 0. The molecule has 1 N–H and O–H groups in total. The first-order chi connectivity index (χ1) is 4.50. The number of hydrogen-bond acceptors (Lipinski definition) is 3. The summed E-state index contributed by atoms with van der Waals surface area (Å²) in [5.74, 6) is 0. The third-order valence-corrected chi connectivity index (χ3v) is 0.910. The van der Waals surface area contributed by atoms with Gasteiger partial charge in [0.2, 0.25) is 0 Å². The van der Waals surface area contributed by atoms with Gasteiger partial charge >= 0.3 is 0 Å². The van der Waals surface area contributed by atoms with Gasteiger partial charge in [-0.05, 0) is 6.08 Å². The fourth-order valence-corrected chi connectivity index (χ4v) is 0.511. The molecule has 1 aliphatic rings. The molecular formula is C6H9N3. The molecule has 0 amide bonds. The highest BCUT2D eigenvalue weighted by atomic mass is 15.3. The minimum absolute atomic E-state index is 0.720. The van der Waals surface area contributed by atoms with Gasteiger partial charge in [0, 0.05) is 12.4 Å². The van der Waals surface area contributed by atoms with Crippen LogP contribution in [0.3, 0.4) is 0 Å². The zero-order chi connectivity index (χ0) is 6.36. The fourth-order valence-electron chi connectivity index (χ4n) is 0.511. The lowest BCUT2D eigenvalue weighted by molar-refractivity contribution is 0.860. The molecule has 3 heteroatoms. The third kappa shape index (κ3) is 2.64. The molecule has 3 nitrogen and oxygen atoms in total. The van der Waals surface area contributed by atoms with E-state index in [-0.39, 0.29) is 0 Å². The molecule has 0 aliphatic carbocycles. The summed E-state index contributed by atoms with van der Waals surface area (Å²) in [7, 11) is 0. The second-order valence-corrected chi connectivity index (χ2v) is 1.62. The smallest absolute Gasteiger partial charge is 0.0678 e. The summed E-state index contributed by atoms with van der Waals surface area (Å²) < 4.78 is 0. The molecule has 0 radical (unpaired) electrons. The van der Waals surface area contributed by atoms with Gasteiger partial charge in [0.1, 0.15) is 0 Å². The molecule has 9 heavy (non-hydrogen) atoms. The van der Waals surface area contributed by atoms with E-state index in [0.29, 0.717) is 0 Å². The fraction of sp³-hybridized carbons (Fsp3) is 0.333. The van der Waals surface area contributed by atoms with Gasteiger partial charge in [0.05, 0.1) is 13.1 Å². The zero-order valence-electron chi connectivity index (χ0n) is 5.12. The monoisotopic (exact) mass is 123 g/mol. The molecule has 1 aliphatic heterocycles. The second kappa shape index (κ2) is 3.83. The summed E-state index contributed by atoms with van der Waals surface area (Å²) in [4.78, 5) is 4.04. The SMILES string of the molecule is C1=C\C/N=C\CN\N=C/1. The van der Waals surface area contributed by atoms with Crippen LogP contribution >= 0.6 is 0 Å². The van der Waals surface area contributed by atoms with Gasteiger partial charge in [-0.3, -0.25) is 4.99 Å². The molecule has 0 fully saturated rings. The Labute approximate surface area is 54.2 Å². The van der Waals surface area contributed by atoms with Crippen LogP contribution in [0.2, 0.25) is 0 Å². The molecule has 0 aromatic heterocycles. The van der Waals surface area contributed by atoms with Gasteiger partial charge in [0.15, 0.2) is 0 Å². The maximum absolute atomic E-state index is 4.04. The van der Waals surface area contributed by atoms with Crippen molar-refractivity contribution < 1.29 is 0 Å². The number of nitrogens with zero attached hydrogens (tertiary/aromatic N) is 2. The largest absolute Gasteiger partial charge is 0.305 e. The van der Waals surface area contributed by atoms with Crippen molar-refractivity contribution in [1.29, 1.82) is 0 Å². The first-order valence-electron chi connectivity index (χ1n) is 2.89. The zero-order valence-corrected chi connectivity index (χ0v) is 5.12. The van der Waals surface area contributed by atoms with E-state index in [0.717, 1.165) is 13.1 Å². The first-order valence-corrected chi connectivity index (χ1v) is 2.89. The summed E-state index contributed by atoms with van der Waals surface area (Å²) in [6.07, 6.45) is 7.35. The Bertz CT molecular complexity index is 146. The summed E-state index contributed by atoms with van der Waals surface area (Å²) in [6.45, 7) is 1.48. The normalized spacial score (nSPS) is 28.4. The van der Waals surface area contributed by atoms with Gasteiger partial charge in [-0.15, -0.1) is 0 Å². The molecule has 0 atom stereocenters. The van der Waals surface area contributed by atoms with Crippen LogP contribution in [0.4, 0.5) is 0 Å². The summed E-state index contributed by atoms with van der Waals surface area (Å²) in [5, 5.41) is 3.84. The molecule has 0 aromatic carbocycles. The van der Waals surface area contributed by atoms with Gasteiger partial charge in [-0.2, -0.15) is 5.10 Å². The maximum Gasteiger partial charge on any atom is 0.0678 e. The second-order valence-electron chi connectivity index (χ2n) is 1.62. The van der Waals surface area contributed by atoms with Gasteiger partial charge < -0.3 is 5.43 Å². The lowest BCUT2D eigenvalue weighted by atomic mass is 10.5. The molecule has 48 valence electrons. The quantitative estimate of drug-likeness (QED) is 0.491. The molecule has 0 saturated heterocycles. The van der Waals surface area contributed by atoms with Crippen molar-refractivity contribution in [2.24, 2.45) is 10.1 Å². The number of hydrazone groups is 1. The Morgan fingerprint density at radius 1 is 1.44 bits per heavy atom. The number of nitrogens with one attached hydrogen (secondary N) is 1. The molecule has 0 saturated carbocycles. The van der Waals surface area contributed by atoms with Crippen LogP contribution in [-0.4, -0.2) is 25.5 Å². The molecule has 1 heterocycles. The molecule has 0 bridgehead atoms. The summed E-state index contributed by atoms with van der Waals surface area (Å²) in [5.41, 5.74) is 2.80. The molecule has 1 rings (SSSR count). The van der Waals surface area contributed by atoms with Crippen LogP contribution in [0.5, 0.6) is 0 Å². The Morgan fingerprint density at radius 2 is 2.44 bits per heavy atom. The van der Waals surface area contributed by atoms with Gasteiger partial charge in [-0.25, -0.2) is 0 Å². The first kappa shape index (κ1) is 6.01. The molecular weight excluding hydrogens is 114 g/mol. The summed E-state index contributed by atoms with van der Waals surface area (Å²) >= 11 is 0. The Kier molecular flexibility index (Phi) is 2.56. The van der Waals surface area contributed by atoms with Crippen molar-refractivity contribution in [3.8, 4) is 0 Å². The lowest BCUT2D eigenvalue weighted by Gasteiger charge is -1.87. The number of allylic oxidation sites excluding steroid dienone is 1. The molecule has 0 aromatic rings. The van der Waals surface area contributed by atoms with E-state index in [1.807, 2.05) is 18.4 Å². The summed E-state index contributed by atoms with van der Waals surface area (Å²) in [6, 6.07) is 0. The Hall–Kier alpha value is -1.12. The average Bonchev–Trinajstić information content (AvgIpc) is 2.00. The average molecular weight is 123 g/mol. The van der Waals surface area contributed by atoms with Crippen molar-refractivity contribution in [3.63, 3.8) is 0 Å². The van der Waals surface area contributed by atoms with Crippen LogP contribution in [0.15, 0.2) is 22.2 Å². The van der Waals surface area contributed by atoms with E-state index in [9.17, 15) is 0 Å². The molecule has 0 spiro atoms. The Balaban J connectivity index is 2.43. The predicted octanol–water partition coefficient (Wildman–Crippen LogP) is 0.202. The third-order valence-electron chi connectivity index (χ3n) is 0.910. The van der Waals surface area contributed by atoms with Crippen molar-refractivity contribution in [2.75, 3.05) is 13.1 Å². The minimum atomic E-state index is 0.720. The Morgan fingerprint density at radius 3 is 3.44 bits per heavy atom. The van der Waals surface area contributed by atoms with E-state index in [1.54, 1.807) is 6.21 Å². The predicted molar refractivity (Wildman–Crippen MR) is 39.0 cm³/mol. The van der Waals surface area contributed by atoms with E-state index in [2.05, 4.69) is 15.5 Å². The topological polar surface area (TPSA) is 36.8 Å². The number of aliphatic imine (C=N–C) groups is 1. The highest BCUT2D eigenvalue weighted by Crippen LogP contribution is 1.74. The van der Waals surface area contributed by atoms with Crippen molar-refractivity contribution in [2.45, 2.75) is 0 Å². The van der Waals surface area contributed by atoms with Gasteiger partial charge in [0.25, 0.3) is 0 Å². The highest BCUT2D eigenvalue weighted by molar-refractivity contribution is 5.71. The molecule has 0 unspecified atom stereocenters. The van der Waals surface area contributed by atoms with Crippen LogP contribution < -0.4 is 5.43 Å². The van der Waals surface area contributed by atoms with Crippen molar-refractivity contribution >= 4 is 12.4 Å². The highest BCUT2D eigenvalue weighted by Gasteiger charge is 1.75. The van der Waals surface area contributed by atoms with Gasteiger partial charge in [-0.1, -0.05) is 6.08 Å². The van der Waals surface area contributed by atoms with Crippen LogP contribution in [0.25, 0.3) is 0 Å². The van der Waals surface area contributed by atoms with Crippen molar-refractivity contribution in [3.05, 3.63) is 12.2 Å². The number of hydrogen-bond donors (Lipinski definition) is 1. The van der Waals surface area contributed by atoms with Crippen LogP contribution in [0, 0.1) is 0 Å². The van der Waals surface area contributed by atoms with E-state index < -0.39 is 0 Å². The van der Waals surface area contributed by atoms with Crippen molar-refractivity contribution in [1.82, 2.24) is 5.43 Å². The van der Waals surface area contributed by atoms with E-state index in [4.69, 9.17) is 0 Å². The maximum atomic E-state index is 4.04. The minimum Gasteiger partial charge on any atom is -0.305 e. The van der Waals surface area contributed by atoms with E-state index in [1.165, 1.54) is 0 Å².